The minimum absolute atomic E-state index is 0.134. The number of carbonyl (C=O) groups is 2. The van der Waals surface area contributed by atoms with E-state index in [1.165, 1.54) is 6.92 Å². The number of aromatic nitrogens is 1. The van der Waals surface area contributed by atoms with E-state index in [0.717, 1.165) is 0 Å². The third-order valence-corrected chi connectivity index (χ3v) is 2.93. The van der Waals surface area contributed by atoms with Crippen molar-refractivity contribution < 1.29 is 9.59 Å². The normalized spacial score (nSPS) is 9.95. The number of nitrogens with zero attached hydrogens (tertiary/aromatic N) is 2. The zero-order chi connectivity index (χ0) is 16.1. The second kappa shape index (κ2) is 6.71. The minimum Gasteiger partial charge on any atom is -0.363 e. The third-order valence-electron chi connectivity index (χ3n) is 2.93. The zero-order valence-electron chi connectivity index (χ0n) is 12.8. The lowest BCUT2D eigenvalue weighted by Crippen LogP contribution is -2.15. The van der Waals surface area contributed by atoms with Gasteiger partial charge < -0.3 is 15.5 Å². The van der Waals surface area contributed by atoms with E-state index in [4.69, 9.17) is 0 Å². The third kappa shape index (κ3) is 4.05. The zero-order valence-corrected chi connectivity index (χ0v) is 12.8. The van der Waals surface area contributed by atoms with Crippen molar-refractivity contribution in [1.82, 2.24) is 4.98 Å². The molecule has 1 aromatic carbocycles. The molecule has 2 N–H and O–H groups in total. The maximum absolute atomic E-state index is 12.2. The Morgan fingerprint density at radius 1 is 1.00 bits per heavy atom. The van der Waals surface area contributed by atoms with Crippen molar-refractivity contribution in [1.29, 1.82) is 0 Å². The van der Waals surface area contributed by atoms with Gasteiger partial charge in [0.05, 0.1) is 0 Å². The molecular weight excluding hydrogens is 280 g/mol. The highest BCUT2D eigenvalue weighted by atomic mass is 16.2. The first-order valence-electron chi connectivity index (χ1n) is 6.78. The largest absolute Gasteiger partial charge is 0.363 e. The smallest absolute Gasteiger partial charge is 0.255 e. The summed E-state index contributed by atoms with van der Waals surface area (Å²) in [6, 6.07) is 10.3. The van der Waals surface area contributed by atoms with Gasteiger partial charge in [-0.05, 0) is 36.4 Å². The first kappa shape index (κ1) is 15.5. The van der Waals surface area contributed by atoms with Crippen molar-refractivity contribution >= 4 is 29.0 Å². The van der Waals surface area contributed by atoms with Crippen LogP contribution in [-0.2, 0) is 4.79 Å². The van der Waals surface area contributed by atoms with Gasteiger partial charge in [0.1, 0.15) is 5.82 Å². The van der Waals surface area contributed by atoms with E-state index < -0.39 is 0 Å². The number of nitrogens with one attached hydrogen (secondary N) is 2. The minimum atomic E-state index is -0.210. The second-order valence-corrected chi connectivity index (χ2v) is 5.01. The van der Waals surface area contributed by atoms with Crippen molar-refractivity contribution in [2.24, 2.45) is 0 Å². The molecule has 0 aliphatic heterocycles. The van der Waals surface area contributed by atoms with E-state index in [1.807, 2.05) is 19.0 Å². The van der Waals surface area contributed by atoms with Crippen LogP contribution in [0.3, 0.4) is 0 Å². The van der Waals surface area contributed by atoms with Crippen molar-refractivity contribution in [3.8, 4) is 0 Å². The lowest BCUT2D eigenvalue weighted by molar-refractivity contribution is -0.114. The Bertz CT molecular complexity index is 681. The summed E-state index contributed by atoms with van der Waals surface area (Å²) in [7, 11) is 3.73. The Kier molecular flexibility index (Phi) is 4.73. The molecular formula is C16H18N4O2. The average Bonchev–Trinajstić information content (AvgIpc) is 2.49. The highest BCUT2D eigenvalue weighted by molar-refractivity contribution is 6.04. The van der Waals surface area contributed by atoms with E-state index >= 15 is 0 Å². The van der Waals surface area contributed by atoms with Gasteiger partial charge in [0.2, 0.25) is 5.91 Å². The summed E-state index contributed by atoms with van der Waals surface area (Å²) < 4.78 is 0. The van der Waals surface area contributed by atoms with Crippen LogP contribution < -0.4 is 15.5 Å². The Balaban J connectivity index is 2.08. The Morgan fingerprint density at radius 2 is 1.59 bits per heavy atom. The summed E-state index contributed by atoms with van der Waals surface area (Å²) >= 11 is 0. The number of benzene rings is 1. The molecule has 6 nitrogen and oxygen atoms in total. The van der Waals surface area contributed by atoms with Gasteiger partial charge in [-0.25, -0.2) is 4.98 Å². The highest BCUT2D eigenvalue weighted by Gasteiger charge is 2.08. The molecule has 1 heterocycles. The SMILES string of the molecule is CC(=O)Nc1ccc(NC(=O)c2ccnc(N(C)C)c2)cc1. The van der Waals surface area contributed by atoms with Crippen molar-refractivity contribution in [2.75, 3.05) is 29.6 Å². The van der Waals surface area contributed by atoms with Gasteiger partial charge in [0, 0.05) is 44.2 Å². The monoisotopic (exact) mass is 298 g/mol. The Labute approximate surface area is 129 Å². The molecule has 0 atom stereocenters. The molecule has 0 saturated carbocycles. The average molecular weight is 298 g/mol. The van der Waals surface area contributed by atoms with Gasteiger partial charge in [-0.3, -0.25) is 9.59 Å². The van der Waals surface area contributed by atoms with Crippen molar-refractivity contribution in [3.63, 3.8) is 0 Å². The molecule has 0 fully saturated rings. The fourth-order valence-electron chi connectivity index (χ4n) is 1.85. The van der Waals surface area contributed by atoms with Gasteiger partial charge in [0.25, 0.3) is 5.91 Å². The molecule has 0 radical (unpaired) electrons. The quantitative estimate of drug-likeness (QED) is 0.908. The predicted octanol–water partition coefficient (Wildman–Crippen LogP) is 2.36. The number of anilines is 3. The number of carbonyl (C=O) groups excluding carboxylic acids is 2. The fraction of sp³-hybridized carbons (Fsp3) is 0.188. The van der Waals surface area contributed by atoms with E-state index in [2.05, 4.69) is 15.6 Å². The van der Waals surface area contributed by atoms with E-state index in [0.29, 0.717) is 22.8 Å². The summed E-state index contributed by atoms with van der Waals surface area (Å²) in [6.07, 6.45) is 1.60. The lowest BCUT2D eigenvalue weighted by atomic mass is 10.2. The van der Waals surface area contributed by atoms with Crippen LogP contribution in [0.1, 0.15) is 17.3 Å². The molecule has 114 valence electrons. The van der Waals surface area contributed by atoms with Gasteiger partial charge >= 0.3 is 0 Å². The lowest BCUT2D eigenvalue weighted by Gasteiger charge is -2.12. The second-order valence-electron chi connectivity index (χ2n) is 5.01. The Hall–Kier alpha value is -2.89. The van der Waals surface area contributed by atoms with Crippen LogP contribution in [0.5, 0.6) is 0 Å². The maximum atomic E-state index is 12.2. The molecule has 0 bridgehead atoms. The number of rotatable bonds is 4. The van der Waals surface area contributed by atoms with Crippen LogP contribution in [0, 0.1) is 0 Å². The van der Waals surface area contributed by atoms with Crippen LogP contribution in [0.15, 0.2) is 42.6 Å². The summed E-state index contributed by atoms with van der Waals surface area (Å²) in [4.78, 5) is 29.2. The molecule has 0 spiro atoms. The standard InChI is InChI=1S/C16H18N4O2/c1-11(21)18-13-4-6-14(7-5-13)19-16(22)12-8-9-17-15(10-12)20(2)3/h4-10H,1-3H3,(H,18,21)(H,19,22). The molecule has 0 unspecified atom stereocenters. The van der Waals surface area contributed by atoms with Crippen molar-refractivity contribution in [3.05, 3.63) is 48.2 Å². The van der Waals surface area contributed by atoms with E-state index in [-0.39, 0.29) is 11.8 Å². The van der Waals surface area contributed by atoms with Crippen molar-refractivity contribution in [2.45, 2.75) is 6.92 Å². The number of amides is 2. The summed E-state index contributed by atoms with van der Waals surface area (Å²) in [6.45, 7) is 1.45. The summed E-state index contributed by atoms with van der Waals surface area (Å²) in [5.74, 6) is 0.371. The predicted molar refractivity (Wildman–Crippen MR) is 87.3 cm³/mol. The number of hydrogen-bond donors (Lipinski definition) is 2. The fourth-order valence-corrected chi connectivity index (χ4v) is 1.85. The first-order valence-corrected chi connectivity index (χ1v) is 6.78. The molecule has 2 aromatic rings. The van der Waals surface area contributed by atoms with Gasteiger partial charge in [-0.2, -0.15) is 0 Å². The van der Waals surface area contributed by atoms with Crippen LogP contribution in [0.4, 0.5) is 17.2 Å². The molecule has 0 aliphatic carbocycles. The van der Waals surface area contributed by atoms with Gasteiger partial charge in [-0.15, -0.1) is 0 Å². The van der Waals surface area contributed by atoms with E-state index in [1.54, 1.807) is 42.6 Å². The Morgan fingerprint density at radius 3 is 2.14 bits per heavy atom. The highest BCUT2D eigenvalue weighted by Crippen LogP contribution is 2.16. The van der Waals surface area contributed by atoms with E-state index in [9.17, 15) is 9.59 Å². The molecule has 0 aliphatic rings. The molecule has 1 aromatic heterocycles. The maximum Gasteiger partial charge on any atom is 0.255 e. The number of hydrogen-bond acceptors (Lipinski definition) is 4. The van der Waals surface area contributed by atoms with Crippen LogP contribution in [0.25, 0.3) is 0 Å². The van der Waals surface area contributed by atoms with Crippen LogP contribution in [0.2, 0.25) is 0 Å². The topological polar surface area (TPSA) is 74.3 Å². The first-order chi connectivity index (χ1) is 10.5. The van der Waals surface area contributed by atoms with Crippen LogP contribution >= 0.6 is 0 Å². The van der Waals surface area contributed by atoms with Gasteiger partial charge in [-0.1, -0.05) is 0 Å². The van der Waals surface area contributed by atoms with Gasteiger partial charge in [0.15, 0.2) is 0 Å². The summed E-state index contributed by atoms with van der Waals surface area (Å²) in [5, 5.41) is 5.48. The molecule has 0 saturated heterocycles. The van der Waals surface area contributed by atoms with Crippen LogP contribution in [-0.4, -0.2) is 30.9 Å². The molecule has 22 heavy (non-hydrogen) atoms. The molecule has 6 heteroatoms. The number of pyridine rings is 1. The summed E-state index contributed by atoms with van der Waals surface area (Å²) in [5.41, 5.74) is 1.87. The molecule has 2 rings (SSSR count). The molecule has 2 amide bonds.